The lowest BCUT2D eigenvalue weighted by molar-refractivity contribution is -0.908. The van der Waals surface area contributed by atoms with Crippen molar-refractivity contribution in [3.05, 3.63) is 24.3 Å². The van der Waals surface area contributed by atoms with Crippen LogP contribution < -0.4 is 9.47 Å². The third kappa shape index (κ3) is 6.80. The number of unbranched alkanes of at least 4 members (excludes halogenated alkanes) is 1. The van der Waals surface area contributed by atoms with E-state index in [1.807, 2.05) is 24.3 Å². The van der Waals surface area contributed by atoms with Crippen LogP contribution in [-0.2, 0) is 4.74 Å². The highest BCUT2D eigenvalue weighted by atomic mass is 16.5. The molecule has 1 saturated heterocycles. The first-order valence-corrected chi connectivity index (χ1v) is 8.99. The number of ether oxygens (including phenoxy) is 3. The van der Waals surface area contributed by atoms with E-state index in [1.165, 1.54) is 6.54 Å². The van der Waals surface area contributed by atoms with Crippen LogP contribution in [0.3, 0.4) is 0 Å². The second-order valence-electron chi connectivity index (χ2n) is 6.63. The zero-order valence-electron chi connectivity index (χ0n) is 14.8. The number of nitrogens with zero attached hydrogens (tertiary/aromatic N) is 1. The fourth-order valence-corrected chi connectivity index (χ4v) is 2.87. The first-order chi connectivity index (χ1) is 11.2. The van der Waals surface area contributed by atoms with E-state index in [0.717, 1.165) is 81.2 Å². The van der Waals surface area contributed by atoms with Crippen molar-refractivity contribution >= 4 is 0 Å². The minimum absolute atomic E-state index is 0.769. The molecule has 1 heterocycles. The van der Waals surface area contributed by atoms with E-state index in [4.69, 9.17) is 14.2 Å². The zero-order valence-corrected chi connectivity index (χ0v) is 14.8. The zero-order chi connectivity index (χ0) is 16.4. The molecule has 0 aliphatic carbocycles. The summed E-state index contributed by atoms with van der Waals surface area (Å²) in [5.41, 5.74) is 0. The maximum absolute atomic E-state index is 5.86. The van der Waals surface area contributed by atoms with Crippen molar-refractivity contribution in [3.63, 3.8) is 0 Å². The molecule has 1 atom stereocenters. The van der Waals surface area contributed by atoms with Gasteiger partial charge in [0.25, 0.3) is 0 Å². The molecule has 0 bridgehead atoms. The Morgan fingerprint density at radius 1 is 0.957 bits per heavy atom. The van der Waals surface area contributed by atoms with Gasteiger partial charge in [0.2, 0.25) is 0 Å². The lowest BCUT2D eigenvalue weighted by atomic mass is 10.3. The van der Waals surface area contributed by atoms with E-state index in [9.17, 15) is 0 Å². The van der Waals surface area contributed by atoms with E-state index in [1.54, 1.807) is 0 Å². The van der Waals surface area contributed by atoms with Crippen LogP contribution in [0.15, 0.2) is 24.3 Å². The number of likely N-dealkylation sites (N-methyl/N-ethyl adjacent to an activating group) is 1. The highest BCUT2D eigenvalue weighted by molar-refractivity contribution is 5.31. The molecule has 0 spiro atoms. The minimum atomic E-state index is 0.769. The van der Waals surface area contributed by atoms with Crippen molar-refractivity contribution in [2.24, 2.45) is 0 Å². The van der Waals surface area contributed by atoms with Gasteiger partial charge in [0.1, 0.15) is 18.0 Å². The molecule has 0 N–H and O–H groups in total. The van der Waals surface area contributed by atoms with Crippen molar-refractivity contribution in [1.82, 2.24) is 0 Å². The Morgan fingerprint density at radius 3 is 2.26 bits per heavy atom. The molecular formula is C19H32NO3+. The Bertz CT molecular complexity index is 425. The SMILES string of the molecule is CCCCOc1ccc(OCCC[N+]2(C)CCCOCC2)cc1. The van der Waals surface area contributed by atoms with Gasteiger partial charge in [0.05, 0.1) is 46.6 Å². The predicted octanol–water partition coefficient (Wildman–Crippen LogP) is 3.50. The number of hydrogen-bond donors (Lipinski definition) is 0. The third-order valence-corrected chi connectivity index (χ3v) is 4.46. The van der Waals surface area contributed by atoms with Gasteiger partial charge in [-0.3, -0.25) is 0 Å². The highest BCUT2D eigenvalue weighted by Gasteiger charge is 2.22. The topological polar surface area (TPSA) is 27.7 Å². The van der Waals surface area contributed by atoms with E-state index < -0.39 is 0 Å². The lowest BCUT2D eigenvalue weighted by Crippen LogP contribution is -2.46. The van der Waals surface area contributed by atoms with Gasteiger partial charge in [-0.25, -0.2) is 0 Å². The first kappa shape index (κ1) is 18.1. The molecule has 130 valence electrons. The second-order valence-corrected chi connectivity index (χ2v) is 6.63. The molecule has 2 rings (SSSR count). The Labute approximate surface area is 140 Å². The van der Waals surface area contributed by atoms with Gasteiger partial charge in [0, 0.05) is 12.8 Å². The molecule has 0 radical (unpaired) electrons. The highest BCUT2D eigenvalue weighted by Crippen LogP contribution is 2.18. The molecule has 4 heteroatoms. The van der Waals surface area contributed by atoms with Gasteiger partial charge in [-0.1, -0.05) is 13.3 Å². The number of rotatable bonds is 9. The lowest BCUT2D eigenvalue weighted by Gasteiger charge is -2.32. The van der Waals surface area contributed by atoms with Gasteiger partial charge < -0.3 is 18.7 Å². The summed E-state index contributed by atoms with van der Waals surface area (Å²) in [6.07, 6.45) is 4.49. The normalized spacial score (nSPS) is 21.7. The molecule has 1 fully saturated rings. The van der Waals surface area contributed by atoms with Crippen LogP contribution in [0.2, 0.25) is 0 Å². The van der Waals surface area contributed by atoms with Crippen molar-refractivity contribution in [2.75, 3.05) is 53.1 Å². The van der Waals surface area contributed by atoms with Crippen molar-refractivity contribution in [2.45, 2.75) is 32.6 Å². The van der Waals surface area contributed by atoms with Gasteiger partial charge in [0.15, 0.2) is 0 Å². The van der Waals surface area contributed by atoms with Crippen LogP contribution >= 0.6 is 0 Å². The fourth-order valence-electron chi connectivity index (χ4n) is 2.87. The Balaban J connectivity index is 1.65. The second kappa shape index (κ2) is 9.78. The average molecular weight is 322 g/mol. The molecule has 1 aromatic rings. The predicted molar refractivity (Wildman–Crippen MR) is 93.2 cm³/mol. The Morgan fingerprint density at radius 2 is 1.61 bits per heavy atom. The summed E-state index contributed by atoms with van der Waals surface area (Å²) in [7, 11) is 2.33. The van der Waals surface area contributed by atoms with Crippen molar-refractivity contribution in [1.29, 1.82) is 0 Å². The summed E-state index contributed by atoms with van der Waals surface area (Å²) < 4.78 is 18.2. The summed E-state index contributed by atoms with van der Waals surface area (Å²) in [5, 5.41) is 0. The summed E-state index contributed by atoms with van der Waals surface area (Å²) in [4.78, 5) is 0. The number of benzene rings is 1. The molecule has 23 heavy (non-hydrogen) atoms. The van der Waals surface area contributed by atoms with Crippen LogP contribution in [0.5, 0.6) is 11.5 Å². The molecule has 1 unspecified atom stereocenters. The van der Waals surface area contributed by atoms with Crippen LogP contribution in [0.25, 0.3) is 0 Å². The molecule has 1 aliphatic rings. The molecule has 0 amide bonds. The summed E-state index contributed by atoms with van der Waals surface area (Å²) >= 11 is 0. The number of quaternary nitrogens is 1. The molecule has 1 aromatic carbocycles. The quantitative estimate of drug-likeness (QED) is 0.514. The monoisotopic (exact) mass is 322 g/mol. The van der Waals surface area contributed by atoms with Gasteiger partial charge in [-0.15, -0.1) is 0 Å². The van der Waals surface area contributed by atoms with Crippen LogP contribution in [0, 0.1) is 0 Å². The molecular weight excluding hydrogens is 290 g/mol. The number of hydrogen-bond acceptors (Lipinski definition) is 3. The van der Waals surface area contributed by atoms with Crippen LogP contribution in [0.4, 0.5) is 0 Å². The Hall–Kier alpha value is -1.26. The first-order valence-electron chi connectivity index (χ1n) is 8.99. The van der Waals surface area contributed by atoms with Crippen LogP contribution in [-0.4, -0.2) is 57.6 Å². The third-order valence-electron chi connectivity index (χ3n) is 4.46. The van der Waals surface area contributed by atoms with Crippen molar-refractivity contribution in [3.8, 4) is 11.5 Å². The maximum Gasteiger partial charge on any atom is 0.119 e. The summed E-state index contributed by atoms with van der Waals surface area (Å²) in [6.45, 7) is 9.01. The smallest absolute Gasteiger partial charge is 0.119 e. The van der Waals surface area contributed by atoms with Gasteiger partial charge >= 0.3 is 0 Å². The summed E-state index contributed by atoms with van der Waals surface area (Å²) in [5.74, 6) is 1.85. The molecule has 0 saturated carbocycles. The minimum Gasteiger partial charge on any atom is -0.494 e. The molecule has 0 aromatic heterocycles. The van der Waals surface area contributed by atoms with Gasteiger partial charge in [-0.05, 0) is 30.7 Å². The van der Waals surface area contributed by atoms with E-state index in [2.05, 4.69) is 14.0 Å². The maximum atomic E-state index is 5.86. The van der Waals surface area contributed by atoms with Gasteiger partial charge in [-0.2, -0.15) is 0 Å². The molecule has 4 nitrogen and oxygen atoms in total. The van der Waals surface area contributed by atoms with E-state index in [0.29, 0.717) is 0 Å². The van der Waals surface area contributed by atoms with E-state index in [-0.39, 0.29) is 0 Å². The fraction of sp³-hybridized carbons (Fsp3) is 0.684. The van der Waals surface area contributed by atoms with Crippen molar-refractivity contribution < 1.29 is 18.7 Å². The van der Waals surface area contributed by atoms with Crippen LogP contribution in [0.1, 0.15) is 32.6 Å². The van der Waals surface area contributed by atoms with E-state index >= 15 is 0 Å². The average Bonchev–Trinajstić information content (AvgIpc) is 2.78. The standard InChI is InChI=1S/C19H32NO3/c1-3-4-15-22-18-7-9-19(10-8-18)23-16-6-12-20(2)11-5-14-21-17-13-20/h7-10H,3-6,11-17H2,1-2H3/q+1. The largest absolute Gasteiger partial charge is 0.494 e. The Kier molecular flexibility index (Phi) is 7.69. The molecule has 1 aliphatic heterocycles. The summed E-state index contributed by atoms with van der Waals surface area (Å²) in [6, 6.07) is 7.98.